The Morgan fingerprint density at radius 1 is 1.45 bits per heavy atom. The average Bonchev–Trinajstić information content (AvgIpc) is 2.38. The largest absolute Gasteiger partial charge is 0.383 e. The molecule has 1 atom stereocenters. The first-order valence-electron chi connectivity index (χ1n) is 6.36. The van der Waals surface area contributed by atoms with Crippen molar-refractivity contribution in [1.29, 1.82) is 0 Å². The number of guanidine groups is 1. The van der Waals surface area contributed by atoms with Crippen LogP contribution in [-0.2, 0) is 11.2 Å². The van der Waals surface area contributed by atoms with Gasteiger partial charge in [-0.1, -0.05) is 23.7 Å². The highest BCUT2D eigenvalue weighted by atomic mass is 127. The van der Waals surface area contributed by atoms with E-state index in [9.17, 15) is 0 Å². The summed E-state index contributed by atoms with van der Waals surface area (Å²) in [5.74, 6) is 0.784. The molecule has 1 unspecified atom stereocenters. The predicted octanol–water partition coefficient (Wildman–Crippen LogP) is 2.70. The van der Waals surface area contributed by atoms with E-state index in [4.69, 9.17) is 16.3 Å². The molecule has 1 rings (SSSR count). The number of methoxy groups -OCH3 is 1. The molecule has 0 bridgehead atoms. The Morgan fingerprint density at radius 3 is 2.80 bits per heavy atom. The lowest BCUT2D eigenvalue weighted by Crippen LogP contribution is -2.44. The first-order chi connectivity index (χ1) is 9.15. The molecule has 0 saturated heterocycles. The first-order valence-corrected chi connectivity index (χ1v) is 6.74. The second-order valence-electron chi connectivity index (χ2n) is 4.38. The lowest BCUT2D eigenvalue weighted by atomic mass is 10.1. The van der Waals surface area contributed by atoms with E-state index in [1.165, 1.54) is 5.56 Å². The molecule has 4 nitrogen and oxygen atoms in total. The molecule has 1 aromatic carbocycles. The number of rotatable bonds is 6. The highest BCUT2D eigenvalue weighted by Crippen LogP contribution is 2.10. The minimum atomic E-state index is 0. The molecule has 0 aromatic heterocycles. The third-order valence-electron chi connectivity index (χ3n) is 2.62. The summed E-state index contributed by atoms with van der Waals surface area (Å²) in [5, 5.41) is 7.29. The van der Waals surface area contributed by atoms with E-state index in [1.807, 2.05) is 25.1 Å². The smallest absolute Gasteiger partial charge is 0.191 e. The first kappa shape index (κ1) is 19.5. The maximum Gasteiger partial charge on any atom is 0.191 e. The van der Waals surface area contributed by atoms with Crippen LogP contribution in [-0.4, -0.2) is 39.3 Å². The minimum Gasteiger partial charge on any atom is -0.383 e. The Balaban J connectivity index is 0.00000361. The Morgan fingerprint density at radius 2 is 2.20 bits per heavy atom. The molecule has 0 radical (unpaired) electrons. The second-order valence-corrected chi connectivity index (χ2v) is 4.82. The van der Waals surface area contributed by atoms with Crippen molar-refractivity contribution < 1.29 is 4.74 Å². The molecule has 114 valence electrons. The van der Waals surface area contributed by atoms with Crippen molar-refractivity contribution in [3.63, 3.8) is 0 Å². The molecule has 2 N–H and O–H groups in total. The van der Waals surface area contributed by atoms with Gasteiger partial charge in [0.25, 0.3) is 0 Å². The second kappa shape index (κ2) is 11.2. The molecule has 0 spiro atoms. The van der Waals surface area contributed by atoms with Gasteiger partial charge in [0.15, 0.2) is 5.96 Å². The van der Waals surface area contributed by atoms with E-state index in [0.29, 0.717) is 6.61 Å². The van der Waals surface area contributed by atoms with Crippen molar-refractivity contribution in [2.24, 2.45) is 4.99 Å². The van der Waals surface area contributed by atoms with Gasteiger partial charge in [-0.2, -0.15) is 0 Å². The van der Waals surface area contributed by atoms with E-state index in [0.717, 1.165) is 23.9 Å². The van der Waals surface area contributed by atoms with Crippen LogP contribution in [0.5, 0.6) is 0 Å². The molecule has 0 aliphatic carbocycles. The maximum atomic E-state index is 5.95. The van der Waals surface area contributed by atoms with Crippen molar-refractivity contribution in [3.05, 3.63) is 34.9 Å². The van der Waals surface area contributed by atoms with Crippen LogP contribution in [0.25, 0.3) is 0 Å². The zero-order valence-corrected chi connectivity index (χ0v) is 15.2. The standard InChI is InChI=1S/C14H22ClN3O.HI/c1-11(10-19-3)18-14(16-2)17-8-7-12-5-4-6-13(15)9-12;/h4-6,9,11H,7-8,10H2,1-3H3,(H2,16,17,18);1H. The van der Waals surface area contributed by atoms with Crippen molar-refractivity contribution in [1.82, 2.24) is 10.6 Å². The zero-order valence-electron chi connectivity index (χ0n) is 12.1. The summed E-state index contributed by atoms with van der Waals surface area (Å²) in [4.78, 5) is 4.17. The van der Waals surface area contributed by atoms with Crippen LogP contribution in [0.3, 0.4) is 0 Å². The van der Waals surface area contributed by atoms with Gasteiger partial charge in [-0.15, -0.1) is 24.0 Å². The average molecular weight is 412 g/mol. The summed E-state index contributed by atoms with van der Waals surface area (Å²) in [6, 6.07) is 8.11. The van der Waals surface area contributed by atoms with E-state index >= 15 is 0 Å². The van der Waals surface area contributed by atoms with Crippen molar-refractivity contribution in [2.45, 2.75) is 19.4 Å². The summed E-state index contributed by atoms with van der Waals surface area (Å²) in [5.41, 5.74) is 1.21. The highest BCUT2D eigenvalue weighted by Gasteiger charge is 2.04. The van der Waals surface area contributed by atoms with Gasteiger partial charge in [0.1, 0.15) is 0 Å². The molecule has 6 heteroatoms. The topological polar surface area (TPSA) is 45.7 Å². The Labute approximate surface area is 143 Å². The van der Waals surface area contributed by atoms with E-state index in [1.54, 1.807) is 14.2 Å². The minimum absolute atomic E-state index is 0. The van der Waals surface area contributed by atoms with Gasteiger partial charge >= 0.3 is 0 Å². The quantitative estimate of drug-likeness (QED) is 0.430. The van der Waals surface area contributed by atoms with Crippen molar-refractivity contribution in [2.75, 3.05) is 27.3 Å². The Hall–Kier alpha value is -0.530. The number of ether oxygens (including phenoxy) is 1. The van der Waals surface area contributed by atoms with Crippen LogP contribution in [0.4, 0.5) is 0 Å². The fourth-order valence-corrected chi connectivity index (χ4v) is 1.95. The summed E-state index contributed by atoms with van der Waals surface area (Å²) in [6.07, 6.45) is 0.903. The summed E-state index contributed by atoms with van der Waals surface area (Å²) < 4.78 is 5.08. The molecule has 20 heavy (non-hydrogen) atoms. The zero-order chi connectivity index (χ0) is 14.1. The number of halogens is 2. The van der Waals surface area contributed by atoms with E-state index < -0.39 is 0 Å². The van der Waals surface area contributed by atoms with Crippen LogP contribution in [0, 0.1) is 0 Å². The fraction of sp³-hybridized carbons (Fsp3) is 0.500. The van der Waals surface area contributed by atoms with Gasteiger partial charge in [0, 0.05) is 31.8 Å². The third-order valence-corrected chi connectivity index (χ3v) is 2.85. The summed E-state index contributed by atoms with van der Waals surface area (Å²) >= 11 is 5.95. The molecule has 0 saturated carbocycles. The predicted molar refractivity (Wildman–Crippen MR) is 96.4 cm³/mol. The van der Waals surface area contributed by atoms with Crippen molar-refractivity contribution in [3.8, 4) is 0 Å². The lowest BCUT2D eigenvalue weighted by molar-refractivity contribution is 0.179. The Bertz CT molecular complexity index is 415. The molecule has 1 aromatic rings. The number of hydrogen-bond acceptors (Lipinski definition) is 2. The monoisotopic (exact) mass is 411 g/mol. The van der Waals surface area contributed by atoms with Crippen LogP contribution in [0.1, 0.15) is 12.5 Å². The molecule has 0 fully saturated rings. The van der Waals surface area contributed by atoms with E-state index in [-0.39, 0.29) is 30.0 Å². The van der Waals surface area contributed by atoms with Gasteiger partial charge in [-0.3, -0.25) is 4.99 Å². The normalized spacial score (nSPS) is 12.5. The molecule has 0 amide bonds. The molecular formula is C14H23ClIN3O. The number of hydrogen-bond donors (Lipinski definition) is 2. The summed E-state index contributed by atoms with van der Waals surface area (Å²) in [7, 11) is 3.45. The van der Waals surface area contributed by atoms with Gasteiger partial charge < -0.3 is 15.4 Å². The van der Waals surface area contributed by atoms with E-state index in [2.05, 4.69) is 21.7 Å². The maximum absolute atomic E-state index is 5.95. The fourth-order valence-electron chi connectivity index (χ4n) is 1.74. The summed E-state index contributed by atoms with van der Waals surface area (Å²) in [6.45, 7) is 3.50. The van der Waals surface area contributed by atoms with Crippen LogP contribution >= 0.6 is 35.6 Å². The van der Waals surface area contributed by atoms with Crippen LogP contribution in [0.2, 0.25) is 5.02 Å². The number of aliphatic imine (C=N–C) groups is 1. The highest BCUT2D eigenvalue weighted by molar-refractivity contribution is 14.0. The molecular weight excluding hydrogens is 389 g/mol. The Kier molecular flexibility index (Phi) is 10.9. The van der Waals surface area contributed by atoms with Gasteiger partial charge in [0.05, 0.1) is 6.61 Å². The van der Waals surface area contributed by atoms with Gasteiger partial charge in [-0.25, -0.2) is 0 Å². The van der Waals surface area contributed by atoms with Gasteiger partial charge in [-0.05, 0) is 31.0 Å². The lowest BCUT2D eigenvalue weighted by Gasteiger charge is -2.17. The van der Waals surface area contributed by atoms with Crippen LogP contribution in [0.15, 0.2) is 29.3 Å². The van der Waals surface area contributed by atoms with Crippen LogP contribution < -0.4 is 10.6 Å². The molecule has 0 aliphatic heterocycles. The van der Waals surface area contributed by atoms with Crippen molar-refractivity contribution >= 4 is 41.5 Å². The molecule has 0 aliphatic rings. The van der Waals surface area contributed by atoms with Gasteiger partial charge in [0.2, 0.25) is 0 Å². The number of nitrogens with one attached hydrogen (secondary N) is 2. The number of benzene rings is 1. The number of nitrogens with zero attached hydrogens (tertiary/aromatic N) is 1. The third kappa shape index (κ3) is 7.91. The molecule has 0 heterocycles. The SMILES string of the molecule is CN=C(NCCc1cccc(Cl)c1)NC(C)COC.I.